The Hall–Kier alpha value is -2.98. The van der Waals surface area contributed by atoms with Crippen molar-refractivity contribution in [2.24, 2.45) is 0 Å². The smallest absolute Gasteiger partial charge is 0.162 e. The van der Waals surface area contributed by atoms with Crippen molar-refractivity contribution < 1.29 is 4.39 Å². The van der Waals surface area contributed by atoms with Crippen molar-refractivity contribution in [3.05, 3.63) is 83.1 Å². The molecule has 128 valence electrons. The normalized spacial score (nSPS) is 10.9. The summed E-state index contributed by atoms with van der Waals surface area (Å²) in [6, 6.07) is 20.0. The van der Waals surface area contributed by atoms with Crippen LogP contribution in [0.3, 0.4) is 0 Å². The van der Waals surface area contributed by atoms with E-state index in [1.807, 2.05) is 55.5 Å². The fourth-order valence-corrected chi connectivity index (χ4v) is 2.94. The van der Waals surface area contributed by atoms with E-state index in [0.29, 0.717) is 22.4 Å². The standard InChI is InChI=1S/C21H15ClFN3/c1-13-6-8-14(9-7-13)20-24-18-5-3-2-4-16(18)21(26-20)25-19-11-10-15(23)12-17(19)22/h2-12H,1H3,(H,24,25,26). The predicted octanol–water partition coefficient (Wildman–Crippen LogP) is 6.14. The Bertz CT molecular complexity index is 1090. The molecular weight excluding hydrogens is 349 g/mol. The lowest BCUT2D eigenvalue weighted by atomic mass is 10.1. The van der Waals surface area contributed by atoms with Crippen LogP contribution in [0.5, 0.6) is 0 Å². The van der Waals surface area contributed by atoms with E-state index in [1.54, 1.807) is 6.07 Å². The van der Waals surface area contributed by atoms with Crippen molar-refractivity contribution in [1.29, 1.82) is 0 Å². The molecule has 1 aromatic heterocycles. The molecule has 0 atom stereocenters. The Morgan fingerprint density at radius 1 is 0.923 bits per heavy atom. The molecule has 3 aromatic carbocycles. The summed E-state index contributed by atoms with van der Waals surface area (Å²) in [6.45, 7) is 2.04. The van der Waals surface area contributed by atoms with Crippen molar-refractivity contribution >= 4 is 34.0 Å². The molecule has 4 aromatic rings. The Balaban J connectivity index is 1.85. The van der Waals surface area contributed by atoms with Crippen molar-refractivity contribution in [2.45, 2.75) is 6.92 Å². The lowest BCUT2D eigenvalue weighted by Gasteiger charge is -2.12. The summed E-state index contributed by atoms with van der Waals surface area (Å²) >= 11 is 6.16. The molecule has 0 saturated carbocycles. The number of fused-ring (bicyclic) bond motifs is 1. The van der Waals surface area contributed by atoms with Gasteiger partial charge in [-0.25, -0.2) is 14.4 Å². The topological polar surface area (TPSA) is 37.8 Å². The molecule has 0 bridgehead atoms. The number of halogens is 2. The number of rotatable bonds is 3. The maximum Gasteiger partial charge on any atom is 0.162 e. The number of nitrogens with zero attached hydrogens (tertiary/aromatic N) is 2. The van der Waals surface area contributed by atoms with E-state index >= 15 is 0 Å². The molecule has 0 amide bonds. The third kappa shape index (κ3) is 3.24. The summed E-state index contributed by atoms with van der Waals surface area (Å²) in [7, 11) is 0. The lowest BCUT2D eigenvalue weighted by Crippen LogP contribution is -2.00. The van der Waals surface area contributed by atoms with Gasteiger partial charge >= 0.3 is 0 Å². The predicted molar refractivity (Wildman–Crippen MR) is 104 cm³/mol. The highest BCUT2D eigenvalue weighted by Gasteiger charge is 2.11. The van der Waals surface area contributed by atoms with Crippen LogP contribution in [0.4, 0.5) is 15.9 Å². The Kier molecular flexibility index (Phi) is 4.27. The van der Waals surface area contributed by atoms with Gasteiger partial charge in [-0.15, -0.1) is 0 Å². The van der Waals surface area contributed by atoms with Gasteiger partial charge in [-0.3, -0.25) is 0 Å². The highest BCUT2D eigenvalue weighted by atomic mass is 35.5. The van der Waals surface area contributed by atoms with Gasteiger partial charge in [-0.05, 0) is 37.3 Å². The summed E-state index contributed by atoms with van der Waals surface area (Å²) < 4.78 is 13.3. The first kappa shape index (κ1) is 16.5. The van der Waals surface area contributed by atoms with E-state index in [0.717, 1.165) is 16.5 Å². The van der Waals surface area contributed by atoms with Gasteiger partial charge in [0.05, 0.1) is 16.2 Å². The van der Waals surface area contributed by atoms with Gasteiger partial charge in [-0.2, -0.15) is 0 Å². The molecule has 0 aliphatic heterocycles. The molecule has 5 heteroatoms. The minimum Gasteiger partial charge on any atom is -0.338 e. The van der Waals surface area contributed by atoms with Gasteiger partial charge < -0.3 is 5.32 Å². The van der Waals surface area contributed by atoms with Crippen molar-refractivity contribution in [3.63, 3.8) is 0 Å². The van der Waals surface area contributed by atoms with Crippen LogP contribution in [-0.4, -0.2) is 9.97 Å². The van der Waals surface area contributed by atoms with E-state index in [-0.39, 0.29) is 5.82 Å². The molecule has 1 N–H and O–H groups in total. The summed E-state index contributed by atoms with van der Waals surface area (Å²) in [6.07, 6.45) is 0. The summed E-state index contributed by atoms with van der Waals surface area (Å²) in [5, 5.41) is 4.37. The molecule has 0 saturated heterocycles. The van der Waals surface area contributed by atoms with Crippen LogP contribution in [0, 0.1) is 12.7 Å². The van der Waals surface area contributed by atoms with Crippen molar-refractivity contribution in [2.75, 3.05) is 5.32 Å². The Morgan fingerprint density at radius 3 is 2.46 bits per heavy atom. The largest absolute Gasteiger partial charge is 0.338 e. The van der Waals surface area contributed by atoms with Crippen LogP contribution in [0.25, 0.3) is 22.3 Å². The van der Waals surface area contributed by atoms with Crippen LogP contribution < -0.4 is 5.32 Å². The lowest BCUT2D eigenvalue weighted by molar-refractivity contribution is 0.628. The zero-order chi connectivity index (χ0) is 18.1. The highest BCUT2D eigenvalue weighted by molar-refractivity contribution is 6.33. The fourth-order valence-electron chi connectivity index (χ4n) is 2.72. The van der Waals surface area contributed by atoms with Gasteiger partial charge in [-0.1, -0.05) is 53.6 Å². The number of nitrogens with one attached hydrogen (secondary N) is 1. The second-order valence-electron chi connectivity index (χ2n) is 6.03. The van der Waals surface area contributed by atoms with Crippen LogP contribution in [0.15, 0.2) is 66.7 Å². The third-order valence-corrected chi connectivity index (χ3v) is 4.41. The van der Waals surface area contributed by atoms with Crippen LogP contribution in [-0.2, 0) is 0 Å². The second kappa shape index (κ2) is 6.73. The average molecular weight is 364 g/mol. The van der Waals surface area contributed by atoms with Gasteiger partial charge in [0.15, 0.2) is 5.82 Å². The van der Waals surface area contributed by atoms with E-state index < -0.39 is 0 Å². The first-order valence-electron chi connectivity index (χ1n) is 8.16. The number of para-hydroxylation sites is 1. The quantitative estimate of drug-likeness (QED) is 0.475. The average Bonchev–Trinajstić information content (AvgIpc) is 2.64. The molecule has 0 aliphatic rings. The number of aromatic nitrogens is 2. The molecular formula is C21H15ClFN3. The molecule has 0 spiro atoms. The molecule has 1 heterocycles. The Labute approximate surface area is 155 Å². The molecule has 0 aliphatic carbocycles. The molecule has 3 nitrogen and oxygen atoms in total. The summed E-state index contributed by atoms with van der Waals surface area (Å²) in [4.78, 5) is 9.35. The zero-order valence-corrected chi connectivity index (χ0v) is 14.8. The van der Waals surface area contributed by atoms with E-state index in [4.69, 9.17) is 11.6 Å². The Morgan fingerprint density at radius 2 is 1.69 bits per heavy atom. The first-order chi connectivity index (χ1) is 12.6. The molecule has 0 unspecified atom stereocenters. The van der Waals surface area contributed by atoms with Crippen molar-refractivity contribution in [3.8, 4) is 11.4 Å². The number of aryl methyl sites for hydroxylation is 1. The maximum atomic E-state index is 13.3. The van der Waals surface area contributed by atoms with E-state index in [9.17, 15) is 4.39 Å². The SMILES string of the molecule is Cc1ccc(-c2nc(Nc3ccc(F)cc3Cl)c3ccccc3n2)cc1. The van der Waals surface area contributed by atoms with Gasteiger partial charge in [0.25, 0.3) is 0 Å². The zero-order valence-electron chi connectivity index (χ0n) is 14.0. The van der Waals surface area contributed by atoms with Crippen LogP contribution in [0.1, 0.15) is 5.56 Å². The van der Waals surface area contributed by atoms with E-state index in [2.05, 4.69) is 15.3 Å². The third-order valence-electron chi connectivity index (χ3n) is 4.10. The number of anilines is 2. The first-order valence-corrected chi connectivity index (χ1v) is 8.54. The van der Waals surface area contributed by atoms with E-state index in [1.165, 1.54) is 17.7 Å². The van der Waals surface area contributed by atoms with Crippen LogP contribution in [0.2, 0.25) is 5.02 Å². The van der Waals surface area contributed by atoms with Crippen LogP contribution >= 0.6 is 11.6 Å². The van der Waals surface area contributed by atoms with Gasteiger partial charge in [0.2, 0.25) is 0 Å². The summed E-state index contributed by atoms with van der Waals surface area (Å²) in [5.41, 5.74) is 3.51. The number of hydrogen-bond donors (Lipinski definition) is 1. The number of hydrogen-bond acceptors (Lipinski definition) is 3. The molecule has 26 heavy (non-hydrogen) atoms. The van der Waals surface area contributed by atoms with Gasteiger partial charge in [0.1, 0.15) is 11.6 Å². The minimum atomic E-state index is -0.381. The molecule has 4 rings (SSSR count). The highest BCUT2D eigenvalue weighted by Crippen LogP contribution is 2.30. The van der Waals surface area contributed by atoms with Crippen molar-refractivity contribution in [1.82, 2.24) is 9.97 Å². The summed E-state index contributed by atoms with van der Waals surface area (Å²) in [5.74, 6) is 0.859. The fraction of sp³-hybridized carbons (Fsp3) is 0.0476. The monoisotopic (exact) mass is 363 g/mol. The minimum absolute atomic E-state index is 0.296. The van der Waals surface area contributed by atoms with Gasteiger partial charge in [0, 0.05) is 10.9 Å². The number of benzene rings is 3. The maximum absolute atomic E-state index is 13.3. The second-order valence-corrected chi connectivity index (χ2v) is 6.44. The molecule has 0 fully saturated rings. The molecule has 0 radical (unpaired) electrons.